The standard InChI is InChI=1S/C13H12N2O3/c16-13(9-1-5-11(14-17)6-2-9)10-3-7-12(15-18)8-4-10/h1-8,14-15,17-18H. The summed E-state index contributed by atoms with van der Waals surface area (Å²) >= 11 is 0. The molecule has 0 aliphatic heterocycles. The monoisotopic (exact) mass is 244 g/mol. The Morgan fingerprint density at radius 1 is 0.722 bits per heavy atom. The molecule has 0 saturated heterocycles. The van der Waals surface area contributed by atoms with Crippen LogP contribution in [0.4, 0.5) is 11.4 Å². The number of benzene rings is 2. The molecule has 4 N–H and O–H groups in total. The molecule has 0 bridgehead atoms. The SMILES string of the molecule is O=C(c1ccc(NO)cc1)c1ccc(NO)cc1. The van der Waals surface area contributed by atoms with Crippen LogP contribution in [0.3, 0.4) is 0 Å². The highest BCUT2D eigenvalue weighted by atomic mass is 16.5. The van der Waals surface area contributed by atoms with E-state index in [1.807, 2.05) is 11.0 Å². The van der Waals surface area contributed by atoms with Gasteiger partial charge in [0.1, 0.15) is 0 Å². The normalized spacial score (nSPS) is 9.89. The summed E-state index contributed by atoms with van der Waals surface area (Å²) in [6.45, 7) is 0. The van der Waals surface area contributed by atoms with Crippen molar-refractivity contribution in [2.75, 3.05) is 11.0 Å². The van der Waals surface area contributed by atoms with Gasteiger partial charge in [0.15, 0.2) is 5.78 Å². The second-order valence-electron chi connectivity index (χ2n) is 3.71. The smallest absolute Gasteiger partial charge is 0.193 e. The van der Waals surface area contributed by atoms with Crippen LogP contribution in [-0.4, -0.2) is 16.2 Å². The molecule has 18 heavy (non-hydrogen) atoms. The summed E-state index contributed by atoms with van der Waals surface area (Å²) < 4.78 is 0. The highest BCUT2D eigenvalue weighted by Crippen LogP contribution is 2.15. The van der Waals surface area contributed by atoms with Crippen molar-refractivity contribution >= 4 is 17.2 Å². The number of rotatable bonds is 4. The minimum atomic E-state index is -0.121. The summed E-state index contributed by atoms with van der Waals surface area (Å²) in [5.74, 6) is -0.121. The fraction of sp³-hybridized carbons (Fsp3) is 0. The van der Waals surface area contributed by atoms with Crippen LogP contribution < -0.4 is 11.0 Å². The van der Waals surface area contributed by atoms with Crippen LogP contribution in [0.15, 0.2) is 48.5 Å². The maximum Gasteiger partial charge on any atom is 0.193 e. The van der Waals surface area contributed by atoms with Gasteiger partial charge in [0.25, 0.3) is 0 Å². The molecule has 0 heterocycles. The summed E-state index contributed by atoms with van der Waals surface area (Å²) in [7, 11) is 0. The molecule has 2 aromatic carbocycles. The average molecular weight is 244 g/mol. The van der Waals surface area contributed by atoms with E-state index in [-0.39, 0.29) is 5.78 Å². The number of hydrogen-bond acceptors (Lipinski definition) is 5. The molecule has 2 rings (SSSR count). The molecule has 0 radical (unpaired) electrons. The lowest BCUT2D eigenvalue weighted by atomic mass is 10.0. The van der Waals surface area contributed by atoms with Gasteiger partial charge in [-0.2, -0.15) is 0 Å². The van der Waals surface area contributed by atoms with Crippen LogP contribution in [0.2, 0.25) is 0 Å². The van der Waals surface area contributed by atoms with E-state index in [9.17, 15) is 4.79 Å². The molecule has 0 amide bonds. The number of anilines is 2. The first-order valence-electron chi connectivity index (χ1n) is 5.29. The summed E-state index contributed by atoms with van der Waals surface area (Å²) in [6, 6.07) is 12.9. The molecule has 0 unspecified atom stereocenters. The molecule has 0 fully saturated rings. The van der Waals surface area contributed by atoms with Crippen LogP contribution in [0.1, 0.15) is 15.9 Å². The Morgan fingerprint density at radius 2 is 1.06 bits per heavy atom. The lowest BCUT2D eigenvalue weighted by molar-refractivity contribution is 0.103. The van der Waals surface area contributed by atoms with Gasteiger partial charge in [-0.3, -0.25) is 26.2 Å². The number of nitrogens with one attached hydrogen (secondary N) is 2. The van der Waals surface area contributed by atoms with Crippen molar-refractivity contribution < 1.29 is 15.2 Å². The summed E-state index contributed by atoms with van der Waals surface area (Å²) in [4.78, 5) is 12.1. The second-order valence-corrected chi connectivity index (χ2v) is 3.71. The molecule has 0 aromatic heterocycles. The van der Waals surface area contributed by atoms with Gasteiger partial charge < -0.3 is 0 Å². The van der Waals surface area contributed by atoms with Gasteiger partial charge in [-0.1, -0.05) is 0 Å². The van der Waals surface area contributed by atoms with E-state index in [1.54, 1.807) is 48.5 Å². The molecule has 92 valence electrons. The van der Waals surface area contributed by atoms with Gasteiger partial charge >= 0.3 is 0 Å². The molecular weight excluding hydrogens is 232 g/mol. The van der Waals surface area contributed by atoms with E-state index >= 15 is 0 Å². The molecule has 0 aliphatic rings. The number of carbonyl (C=O) groups excluding carboxylic acids is 1. The summed E-state index contributed by atoms with van der Waals surface area (Å²) in [5, 5.41) is 17.4. The number of ketones is 1. The predicted molar refractivity (Wildman–Crippen MR) is 67.1 cm³/mol. The quantitative estimate of drug-likeness (QED) is 0.491. The third kappa shape index (κ3) is 2.48. The van der Waals surface area contributed by atoms with Gasteiger partial charge in [-0.05, 0) is 48.5 Å². The van der Waals surface area contributed by atoms with Crippen molar-refractivity contribution in [3.63, 3.8) is 0 Å². The van der Waals surface area contributed by atoms with Gasteiger partial charge in [0.2, 0.25) is 0 Å². The third-order valence-corrected chi connectivity index (χ3v) is 2.55. The Morgan fingerprint density at radius 3 is 1.33 bits per heavy atom. The third-order valence-electron chi connectivity index (χ3n) is 2.55. The zero-order valence-corrected chi connectivity index (χ0v) is 9.42. The molecule has 0 aliphatic carbocycles. The van der Waals surface area contributed by atoms with E-state index in [0.717, 1.165) is 0 Å². The predicted octanol–water partition coefficient (Wildman–Crippen LogP) is 2.52. The van der Waals surface area contributed by atoms with E-state index in [1.165, 1.54) is 0 Å². The van der Waals surface area contributed by atoms with Crippen LogP contribution in [0.5, 0.6) is 0 Å². The second kappa shape index (κ2) is 5.31. The van der Waals surface area contributed by atoms with Crippen LogP contribution >= 0.6 is 0 Å². The van der Waals surface area contributed by atoms with Gasteiger partial charge in [0.05, 0.1) is 11.4 Å². The maximum atomic E-state index is 12.1. The van der Waals surface area contributed by atoms with Crippen LogP contribution in [0, 0.1) is 0 Å². The van der Waals surface area contributed by atoms with Crippen molar-refractivity contribution in [1.29, 1.82) is 0 Å². The largest absolute Gasteiger partial charge is 0.291 e. The Bertz CT molecular complexity index is 486. The first-order chi connectivity index (χ1) is 8.74. The van der Waals surface area contributed by atoms with E-state index < -0.39 is 0 Å². The van der Waals surface area contributed by atoms with Gasteiger partial charge in [-0.15, -0.1) is 0 Å². The lowest BCUT2D eigenvalue weighted by Gasteiger charge is -2.04. The van der Waals surface area contributed by atoms with Crippen molar-refractivity contribution in [1.82, 2.24) is 0 Å². The van der Waals surface area contributed by atoms with Crippen molar-refractivity contribution in [2.45, 2.75) is 0 Å². The minimum Gasteiger partial charge on any atom is -0.291 e. The highest BCUT2D eigenvalue weighted by molar-refractivity contribution is 6.09. The topological polar surface area (TPSA) is 81.6 Å². The first kappa shape index (κ1) is 12.1. The van der Waals surface area contributed by atoms with E-state index in [0.29, 0.717) is 22.5 Å². The number of hydrogen-bond donors (Lipinski definition) is 4. The van der Waals surface area contributed by atoms with E-state index in [4.69, 9.17) is 10.4 Å². The molecule has 0 spiro atoms. The fourth-order valence-electron chi connectivity index (χ4n) is 1.56. The number of carbonyl (C=O) groups is 1. The van der Waals surface area contributed by atoms with Crippen LogP contribution in [0.25, 0.3) is 0 Å². The zero-order chi connectivity index (χ0) is 13.0. The van der Waals surface area contributed by atoms with Crippen LogP contribution in [-0.2, 0) is 0 Å². The van der Waals surface area contributed by atoms with Crippen molar-refractivity contribution in [2.24, 2.45) is 0 Å². The minimum absolute atomic E-state index is 0.121. The van der Waals surface area contributed by atoms with Crippen molar-refractivity contribution in [3.05, 3.63) is 59.7 Å². The summed E-state index contributed by atoms with van der Waals surface area (Å²) in [5.41, 5.74) is 6.09. The summed E-state index contributed by atoms with van der Waals surface area (Å²) in [6.07, 6.45) is 0. The van der Waals surface area contributed by atoms with Gasteiger partial charge in [-0.25, -0.2) is 0 Å². The Kier molecular flexibility index (Phi) is 3.57. The molecule has 0 saturated carbocycles. The zero-order valence-electron chi connectivity index (χ0n) is 9.42. The molecule has 5 nitrogen and oxygen atoms in total. The fourth-order valence-corrected chi connectivity index (χ4v) is 1.56. The van der Waals surface area contributed by atoms with Gasteiger partial charge in [0, 0.05) is 11.1 Å². The average Bonchev–Trinajstić information content (AvgIpc) is 2.47. The lowest BCUT2D eigenvalue weighted by Crippen LogP contribution is -2.01. The van der Waals surface area contributed by atoms with E-state index in [2.05, 4.69) is 0 Å². The Labute approximate surface area is 104 Å². The molecule has 2 aromatic rings. The maximum absolute atomic E-state index is 12.1. The first-order valence-corrected chi connectivity index (χ1v) is 5.29. The molecular formula is C13H12N2O3. The van der Waals surface area contributed by atoms with Crippen molar-refractivity contribution in [3.8, 4) is 0 Å². The Balaban J connectivity index is 2.23. The Hall–Kier alpha value is -2.37. The highest BCUT2D eigenvalue weighted by Gasteiger charge is 2.08. The molecule has 0 atom stereocenters. The molecule has 5 heteroatoms.